The number of carbonyl (C=O) groups is 2. The van der Waals surface area contributed by atoms with Crippen LogP contribution in [0, 0.1) is 0 Å². The number of halogens is 2. The predicted molar refractivity (Wildman–Crippen MR) is 86.2 cm³/mol. The molecule has 2 rings (SSSR count). The van der Waals surface area contributed by atoms with Crippen LogP contribution in [0.1, 0.15) is 38.2 Å². The van der Waals surface area contributed by atoms with Crippen molar-refractivity contribution in [2.45, 2.75) is 43.7 Å². The minimum atomic E-state index is -1.08. The van der Waals surface area contributed by atoms with E-state index in [1.54, 1.807) is 32.2 Å². The molecule has 0 radical (unpaired) electrons. The molecule has 0 heterocycles. The predicted octanol–water partition coefficient (Wildman–Crippen LogP) is 4.33. The maximum Gasteiger partial charge on any atom is 0.412 e. The van der Waals surface area contributed by atoms with E-state index in [9.17, 15) is 9.59 Å². The van der Waals surface area contributed by atoms with Gasteiger partial charge in [-0.25, -0.2) is 4.79 Å². The maximum atomic E-state index is 12.8. The van der Waals surface area contributed by atoms with Gasteiger partial charge in [-0.1, -0.05) is 41.4 Å². The summed E-state index contributed by atoms with van der Waals surface area (Å²) in [6, 6.07) is 7.13. The Bertz CT molecular complexity index is 576. The third-order valence-electron chi connectivity index (χ3n) is 4.08. The van der Waals surface area contributed by atoms with E-state index in [2.05, 4.69) is 0 Å². The van der Waals surface area contributed by atoms with Crippen LogP contribution in [0.15, 0.2) is 24.3 Å². The van der Waals surface area contributed by atoms with Gasteiger partial charge in [0.05, 0.1) is 0 Å². The minimum absolute atomic E-state index is 0.0199. The van der Waals surface area contributed by atoms with Crippen LogP contribution in [0.2, 0.25) is 5.02 Å². The van der Waals surface area contributed by atoms with Gasteiger partial charge in [0.15, 0.2) is 11.3 Å². The van der Waals surface area contributed by atoms with E-state index in [0.29, 0.717) is 23.4 Å². The molecule has 1 unspecified atom stereocenters. The summed E-state index contributed by atoms with van der Waals surface area (Å²) in [5.74, 6) is -0.0199. The first-order valence-electron chi connectivity index (χ1n) is 7.26. The molecule has 6 heteroatoms. The lowest BCUT2D eigenvalue weighted by atomic mass is 9.74. The van der Waals surface area contributed by atoms with Crippen molar-refractivity contribution in [3.05, 3.63) is 34.9 Å². The SMILES string of the molecule is CC(Cl)OC(=O)N(C)[C@@]1(c2ccccc2Cl)CCCCC1=O. The van der Waals surface area contributed by atoms with Gasteiger partial charge in [-0.3, -0.25) is 9.69 Å². The van der Waals surface area contributed by atoms with Crippen LogP contribution in [-0.4, -0.2) is 29.4 Å². The number of hydrogen-bond acceptors (Lipinski definition) is 3. The first-order chi connectivity index (χ1) is 10.4. The lowest BCUT2D eigenvalue weighted by Crippen LogP contribution is -2.54. The fourth-order valence-electron chi connectivity index (χ4n) is 3.00. The molecule has 1 aliphatic carbocycles. The van der Waals surface area contributed by atoms with E-state index in [1.807, 2.05) is 6.07 Å². The molecule has 0 bridgehead atoms. The van der Waals surface area contributed by atoms with E-state index < -0.39 is 17.2 Å². The molecule has 0 spiro atoms. The molecule has 1 amide bonds. The van der Waals surface area contributed by atoms with Crippen molar-refractivity contribution in [1.29, 1.82) is 0 Å². The van der Waals surface area contributed by atoms with Crippen molar-refractivity contribution in [3.8, 4) is 0 Å². The van der Waals surface area contributed by atoms with Crippen molar-refractivity contribution < 1.29 is 14.3 Å². The summed E-state index contributed by atoms with van der Waals surface area (Å²) in [5, 5.41) is 0.469. The average Bonchev–Trinajstić information content (AvgIpc) is 2.47. The third-order valence-corrected chi connectivity index (χ3v) is 4.50. The lowest BCUT2D eigenvalue weighted by molar-refractivity contribution is -0.133. The summed E-state index contributed by atoms with van der Waals surface area (Å²) in [5.41, 5.74) is -1.21. The van der Waals surface area contributed by atoms with Crippen molar-refractivity contribution >= 4 is 35.1 Å². The summed E-state index contributed by atoms with van der Waals surface area (Å²) in [7, 11) is 1.56. The van der Waals surface area contributed by atoms with Gasteiger partial charge in [0.1, 0.15) is 5.54 Å². The van der Waals surface area contributed by atoms with Crippen LogP contribution >= 0.6 is 23.2 Å². The molecule has 1 aromatic rings. The van der Waals surface area contributed by atoms with Crippen LogP contribution in [-0.2, 0) is 15.1 Å². The Balaban J connectivity index is 2.49. The number of amides is 1. The molecular weight excluding hydrogens is 325 g/mol. The molecule has 120 valence electrons. The molecule has 2 atom stereocenters. The highest BCUT2D eigenvalue weighted by atomic mass is 35.5. The maximum absolute atomic E-state index is 12.8. The Morgan fingerprint density at radius 3 is 2.64 bits per heavy atom. The van der Waals surface area contributed by atoms with E-state index in [-0.39, 0.29) is 5.78 Å². The van der Waals surface area contributed by atoms with Crippen molar-refractivity contribution in [3.63, 3.8) is 0 Å². The monoisotopic (exact) mass is 343 g/mol. The number of rotatable bonds is 3. The van der Waals surface area contributed by atoms with E-state index >= 15 is 0 Å². The van der Waals surface area contributed by atoms with Gasteiger partial charge in [0.2, 0.25) is 0 Å². The second-order valence-electron chi connectivity index (χ2n) is 5.46. The van der Waals surface area contributed by atoms with Crippen LogP contribution in [0.4, 0.5) is 4.79 Å². The molecule has 1 fully saturated rings. The topological polar surface area (TPSA) is 46.6 Å². The number of alkyl halides is 1. The van der Waals surface area contributed by atoms with E-state index in [1.165, 1.54) is 4.90 Å². The average molecular weight is 344 g/mol. The van der Waals surface area contributed by atoms with Gasteiger partial charge in [0.25, 0.3) is 0 Å². The number of nitrogens with zero attached hydrogens (tertiary/aromatic N) is 1. The number of hydrogen-bond donors (Lipinski definition) is 0. The first kappa shape index (κ1) is 17.1. The highest BCUT2D eigenvalue weighted by Gasteiger charge is 2.48. The van der Waals surface area contributed by atoms with Crippen molar-refractivity contribution in [2.24, 2.45) is 0 Å². The number of carbonyl (C=O) groups excluding carboxylic acids is 2. The molecule has 1 saturated carbocycles. The summed E-state index contributed by atoms with van der Waals surface area (Å²) in [4.78, 5) is 26.4. The zero-order valence-corrected chi connectivity index (χ0v) is 14.2. The molecule has 0 aromatic heterocycles. The molecular formula is C16H19Cl2NO3. The summed E-state index contributed by atoms with van der Waals surface area (Å²) < 4.78 is 5.06. The van der Waals surface area contributed by atoms with Gasteiger partial charge in [-0.15, -0.1) is 0 Å². The molecule has 0 N–H and O–H groups in total. The zero-order chi connectivity index (χ0) is 16.3. The summed E-state index contributed by atoms with van der Waals surface area (Å²) in [6.45, 7) is 1.55. The van der Waals surface area contributed by atoms with Crippen LogP contribution < -0.4 is 0 Å². The lowest BCUT2D eigenvalue weighted by Gasteiger charge is -2.43. The number of ether oxygens (including phenoxy) is 1. The summed E-state index contributed by atoms with van der Waals surface area (Å²) in [6.07, 6.45) is 1.97. The summed E-state index contributed by atoms with van der Waals surface area (Å²) >= 11 is 12.0. The Hall–Kier alpha value is -1.26. The standard InChI is InChI=1S/C16H19Cl2NO3/c1-11(17)22-15(21)19(2)16(10-6-5-9-14(16)20)12-7-3-4-8-13(12)18/h3-4,7-8,11H,5-6,9-10H2,1-2H3/t11?,16-/m1/s1. The molecule has 1 aliphatic rings. The van der Waals surface area contributed by atoms with E-state index in [0.717, 1.165) is 12.8 Å². The molecule has 22 heavy (non-hydrogen) atoms. The fraction of sp³-hybridized carbons (Fsp3) is 0.500. The van der Waals surface area contributed by atoms with Crippen LogP contribution in [0.5, 0.6) is 0 Å². The Labute approximate surface area is 140 Å². The fourth-order valence-corrected chi connectivity index (χ4v) is 3.37. The van der Waals surface area contributed by atoms with E-state index in [4.69, 9.17) is 27.9 Å². The van der Waals surface area contributed by atoms with Gasteiger partial charge in [0, 0.05) is 24.1 Å². The zero-order valence-electron chi connectivity index (χ0n) is 12.6. The number of likely N-dealkylation sites (N-methyl/N-ethyl adjacent to an activating group) is 1. The van der Waals surface area contributed by atoms with Gasteiger partial charge in [-0.05, 0) is 32.3 Å². The largest absolute Gasteiger partial charge is 0.430 e. The highest BCUT2D eigenvalue weighted by Crippen LogP contribution is 2.42. The Morgan fingerprint density at radius 2 is 2.05 bits per heavy atom. The second kappa shape index (κ2) is 6.88. The number of ketones is 1. The number of benzene rings is 1. The number of Topliss-reactive ketones (excluding diaryl/α,β-unsaturated/α-hetero) is 1. The molecule has 0 saturated heterocycles. The first-order valence-corrected chi connectivity index (χ1v) is 8.08. The smallest absolute Gasteiger partial charge is 0.412 e. The van der Waals surface area contributed by atoms with Gasteiger partial charge in [-0.2, -0.15) is 0 Å². The Kier molecular flexibility index (Phi) is 5.35. The van der Waals surface area contributed by atoms with Crippen LogP contribution in [0.3, 0.4) is 0 Å². The minimum Gasteiger partial charge on any atom is -0.430 e. The third kappa shape index (κ3) is 3.08. The van der Waals surface area contributed by atoms with Crippen molar-refractivity contribution in [2.75, 3.05) is 7.05 Å². The van der Waals surface area contributed by atoms with Gasteiger partial charge >= 0.3 is 6.09 Å². The normalized spacial score (nSPS) is 23.0. The quantitative estimate of drug-likeness (QED) is 0.767. The highest BCUT2D eigenvalue weighted by molar-refractivity contribution is 6.31. The van der Waals surface area contributed by atoms with Crippen LogP contribution in [0.25, 0.3) is 0 Å². The molecule has 4 nitrogen and oxygen atoms in total. The molecule has 0 aliphatic heterocycles. The second-order valence-corrected chi connectivity index (χ2v) is 6.48. The Morgan fingerprint density at radius 1 is 1.36 bits per heavy atom. The van der Waals surface area contributed by atoms with Gasteiger partial charge < -0.3 is 4.74 Å². The van der Waals surface area contributed by atoms with Crippen molar-refractivity contribution in [1.82, 2.24) is 4.90 Å². The molecule has 1 aromatic carbocycles.